The summed E-state index contributed by atoms with van der Waals surface area (Å²) in [5.74, 6) is 0.670. The maximum Gasteiger partial charge on any atom is 0.235 e. The summed E-state index contributed by atoms with van der Waals surface area (Å²) in [4.78, 5) is 10.9. The molecular weight excluding hydrogens is 717 g/mol. The monoisotopic (exact) mass is 752 g/mol. The minimum Gasteiger partial charge on any atom is -0.309 e. The molecular formula is C55H36N4. The third kappa shape index (κ3) is 4.43. The quantitative estimate of drug-likeness (QED) is 0.180. The van der Waals surface area contributed by atoms with Gasteiger partial charge in [0.1, 0.15) is 0 Å². The Morgan fingerprint density at radius 1 is 0.407 bits per heavy atom. The SMILES string of the molecule is CC1(C)c2ccccc2-c2cccc(-c3nc(-n4c5ccccc5c5cc6cc(-n7c8ccccc8c8ccc9ccccc9c87)ccc6cc54)nc4ccccc34)c21. The molecule has 3 heterocycles. The van der Waals surface area contributed by atoms with Crippen molar-refractivity contribution in [2.45, 2.75) is 19.3 Å². The highest BCUT2D eigenvalue weighted by atomic mass is 15.2. The standard InChI is InChI=1S/C55H36N4/c1-55(2)46-22-9-5-16-38(46)41-20-13-21-44(51(41)55)52-43-19-6-10-23-47(43)56-54(57-52)59-49-25-12-8-18-40(49)45-31-35-30-36(28-26-34(35)32-50(45)59)58-48-24-11-7-17-39(48)42-29-27-33-14-3-4-15-37(33)53(42)58/h3-32H,1-2H3. The Balaban J connectivity index is 1.05. The minimum atomic E-state index is -0.189. The predicted molar refractivity (Wildman–Crippen MR) is 246 cm³/mol. The Morgan fingerprint density at radius 2 is 1.07 bits per heavy atom. The second kappa shape index (κ2) is 11.7. The lowest BCUT2D eigenvalue weighted by molar-refractivity contribution is 0.662. The number of rotatable bonds is 3. The molecule has 1 aliphatic carbocycles. The Morgan fingerprint density at radius 3 is 1.93 bits per heavy atom. The summed E-state index contributed by atoms with van der Waals surface area (Å²) < 4.78 is 4.72. The zero-order valence-electron chi connectivity index (χ0n) is 32.6. The Labute approximate surface area is 340 Å². The number of hydrogen-bond donors (Lipinski definition) is 0. The van der Waals surface area contributed by atoms with Gasteiger partial charge in [-0.3, -0.25) is 4.57 Å². The van der Waals surface area contributed by atoms with E-state index in [1.807, 2.05) is 0 Å². The fourth-order valence-corrected chi connectivity index (χ4v) is 10.5. The zero-order chi connectivity index (χ0) is 39.0. The fraction of sp³-hybridized carbons (Fsp3) is 0.0545. The molecule has 4 nitrogen and oxygen atoms in total. The molecule has 0 atom stereocenters. The van der Waals surface area contributed by atoms with Crippen molar-refractivity contribution in [2.24, 2.45) is 0 Å². The summed E-state index contributed by atoms with van der Waals surface area (Å²) >= 11 is 0. The van der Waals surface area contributed by atoms with Crippen LogP contribution in [-0.2, 0) is 5.41 Å². The number of hydrogen-bond acceptors (Lipinski definition) is 2. The van der Waals surface area contributed by atoms with Crippen LogP contribution in [0.4, 0.5) is 0 Å². The molecule has 0 saturated heterocycles. The summed E-state index contributed by atoms with van der Waals surface area (Å²) in [6.45, 7) is 4.69. The summed E-state index contributed by atoms with van der Waals surface area (Å²) in [5, 5.41) is 10.8. The molecule has 13 rings (SSSR count). The van der Waals surface area contributed by atoms with Crippen molar-refractivity contribution in [3.05, 3.63) is 193 Å². The zero-order valence-corrected chi connectivity index (χ0v) is 32.6. The lowest BCUT2D eigenvalue weighted by Crippen LogP contribution is -2.16. The van der Waals surface area contributed by atoms with E-state index in [4.69, 9.17) is 9.97 Å². The van der Waals surface area contributed by atoms with Gasteiger partial charge in [-0.1, -0.05) is 153 Å². The molecule has 0 aliphatic heterocycles. The van der Waals surface area contributed by atoms with Gasteiger partial charge < -0.3 is 4.57 Å². The molecule has 0 spiro atoms. The van der Waals surface area contributed by atoms with Crippen LogP contribution in [0.25, 0.3) is 110 Å². The lowest BCUT2D eigenvalue weighted by Gasteiger charge is -2.24. The molecule has 4 heteroatoms. The van der Waals surface area contributed by atoms with Gasteiger partial charge in [0.2, 0.25) is 5.95 Å². The Kier molecular flexibility index (Phi) is 6.48. The highest BCUT2D eigenvalue weighted by molar-refractivity contribution is 6.19. The Bertz CT molecular complexity index is 3770. The number of fused-ring (bicyclic) bond motifs is 13. The van der Waals surface area contributed by atoms with Crippen molar-refractivity contribution in [1.82, 2.24) is 19.1 Å². The second-order valence-electron chi connectivity index (χ2n) is 16.6. The highest BCUT2D eigenvalue weighted by Crippen LogP contribution is 2.52. The summed E-state index contributed by atoms with van der Waals surface area (Å²) in [7, 11) is 0. The molecule has 0 radical (unpaired) electrons. The summed E-state index contributed by atoms with van der Waals surface area (Å²) in [6.07, 6.45) is 0. The second-order valence-corrected chi connectivity index (χ2v) is 16.6. The van der Waals surface area contributed by atoms with Crippen LogP contribution in [0.2, 0.25) is 0 Å². The maximum absolute atomic E-state index is 5.58. The van der Waals surface area contributed by atoms with Crippen LogP contribution >= 0.6 is 0 Å². The molecule has 9 aromatic carbocycles. The number of aromatic nitrogens is 4. The lowest BCUT2D eigenvalue weighted by atomic mass is 9.79. The molecule has 0 bridgehead atoms. The van der Waals surface area contributed by atoms with Crippen LogP contribution in [0, 0.1) is 0 Å². The first-order valence-corrected chi connectivity index (χ1v) is 20.4. The van der Waals surface area contributed by atoms with E-state index in [9.17, 15) is 0 Å². The molecule has 0 amide bonds. The van der Waals surface area contributed by atoms with E-state index in [2.05, 4.69) is 205 Å². The number of para-hydroxylation sites is 3. The first-order chi connectivity index (χ1) is 29.0. The average Bonchev–Trinajstić information content (AvgIpc) is 3.88. The molecule has 12 aromatic rings. The van der Waals surface area contributed by atoms with E-state index in [-0.39, 0.29) is 5.41 Å². The van der Waals surface area contributed by atoms with E-state index in [0.29, 0.717) is 5.95 Å². The predicted octanol–water partition coefficient (Wildman–Crippen LogP) is 14.1. The highest BCUT2D eigenvalue weighted by Gasteiger charge is 2.38. The number of benzene rings is 9. The molecule has 0 fully saturated rings. The molecule has 0 N–H and O–H groups in total. The topological polar surface area (TPSA) is 35.6 Å². The number of nitrogens with zero attached hydrogens (tertiary/aromatic N) is 4. The molecule has 0 saturated carbocycles. The third-order valence-electron chi connectivity index (χ3n) is 13.1. The van der Waals surface area contributed by atoms with Crippen LogP contribution in [0.5, 0.6) is 0 Å². The largest absolute Gasteiger partial charge is 0.309 e. The van der Waals surface area contributed by atoms with Crippen molar-refractivity contribution in [2.75, 3.05) is 0 Å². The molecule has 3 aromatic heterocycles. The molecule has 276 valence electrons. The normalized spacial score (nSPS) is 13.4. The van der Waals surface area contributed by atoms with Gasteiger partial charge >= 0.3 is 0 Å². The van der Waals surface area contributed by atoms with E-state index in [0.717, 1.165) is 44.3 Å². The van der Waals surface area contributed by atoms with E-state index in [1.165, 1.54) is 71.0 Å². The Hall–Kier alpha value is -7.56. The van der Waals surface area contributed by atoms with Crippen molar-refractivity contribution in [1.29, 1.82) is 0 Å². The maximum atomic E-state index is 5.58. The van der Waals surface area contributed by atoms with E-state index >= 15 is 0 Å². The van der Waals surface area contributed by atoms with Crippen LogP contribution < -0.4 is 0 Å². The molecule has 1 aliphatic rings. The van der Waals surface area contributed by atoms with Gasteiger partial charge in [0.05, 0.1) is 33.3 Å². The molecule has 0 unspecified atom stereocenters. The van der Waals surface area contributed by atoms with Crippen molar-refractivity contribution in [3.63, 3.8) is 0 Å². The van der Waals surface area contributed by atoms with Gasteiger partial charge in [0, 0.05) is 49.0 Å². The van der Waals surface area contributed by atoms with Crippen molar-refractivity contribution >= 4 is 76.1 Å². The van der Waals surface area contributed by atoms with Crippen LogP contribution in [0.15, 0.2) is 182 Å². The van der Waals surface area contributed by atoms with Gasteiger partial charge in [0.15, 0.2) is 0 Å². The van der Waals surface area contributed by atoms with Gasteiger partial charge in [-0.25, -0.2) is 9.97 Å². The van der Waals surface area contributed by atoms with Crippen molar-refractivity contribution in [3.8, 4) is 34.0 Å². The minimum absolute atomic E-state index is 0.189. The summed E-state index contributed by atoms with van der Waals surface area (Å²) in [5.41, 5.74) is 13.9. The van der Waals surface area contributed by atoms with Crippen LogP contribution in [0.3, 0.4) is 0 Å². The first kappa shape index (κ1) is 32.5. The molecule has 59 heavy (non-hydrogen) atoms. The van der Waals surface area contributed by atoms with Crippen LogP contribution in [-0.4, -0.2) is 19.1 Å². The summed E-state index contributed by atoms with van der Waals surface area (Å²) in [6, 6.07) is 66.3. The van der Waals surface area contributed by atoms with Crippen molar-refractivity contribution < 1.29 is 0 Å². The van der Waals surface area contributed by atoms with E-state index in [1.54, 1.807) is 0 Å². The van der Waals surface area contributed by atoms with E-state index < -0.39 is 0 Å². The van der Waals surface area contributed by atoms with Gasteiger partial charge in [-0.15, -0.1) is 0 Å². The fourth-order valence-electron chi connectivity index (χ4n) is 10.5. The smallest absolute Gasteiger partial charge is 0.235 e. The third-order valence-corrected chi connectivity index (χ3v) is 13.1. The average molecular weight is 753 g/mol. The van der Waals surface area contributed by atoms with Crippen LogP contribution in [0.1, 0.15) is 25.0 Å². The van der Waals surface area contributed by atoms with Gasteiger partial charge in [-0.05, 0) is 80.9 Å². The van der Waals surface area contributed by atoms with Gasteiger partial charge in [-0.2, -0.15) is 0 Å². The van der Waals surface area contributed by atoms with Gasteiger partial charge in [0.25, 0.3) is 0 Å². The first-order valence-electron chi connectivity index (χ1n) is 20.4.